The quantitative estimate of drug-likeness (QED) is 0.336. The number of nitrogen functional groups attached to an aromatic ring is 1. The number of amides is 3. The minimum Gasteiger partial charge on any atom is -0.493 e. The fourth-order valence-corrected chi connectivity index (χ4v) is 5.61. The molecule has 0 bridgehead atoms. The number of aromatic nitrogens is 1. The summed E-state index contributed by atoms with van der Waals surface area (Å²) in [5.41, 5.74) is 12.1. The number of methoxy groups -OCH3 is 2. The number of benzene rings is 2. The molecule has 4 rings (SSSR count). The molecule has 0 radical (unpaired) electrons. The fraction of sp³-hybridized carbons (Fsp3) is 0.357. The molecule has 0 spiro atoms. The molecule has 3 amide bonds. The van der Waals surface area contributed by atoms with Crippen LogP contribution < -0.4 is 26.3 Å². The van der Waals surface area contributed by atoms with Crippen LogP contribution in [0, 0.1) is 5.82 Å². The predicted molar refractivity (Wildman–Crippen MR) is 149 cm³/mol. The lowest BCUT2D eigenvalue weighted by molar-refractivity contribution is -0.127. The lowest BCUT2D eigenvalue weighted by Crippen LogP contribution is -2.46. The van der Waals surface area contributed by atoms with E-state index in [1.165, 1.54) is 43.4 Å². The summed E-state index contributed by atoms with van der Waals surface area (Å²) in [5, 5.41) is 3.12. The van der Waals surface area contributed by atoms with Crippen LogP contribution in [0.15, 0.2) is 42.5 Å². The van der Waals surface area contributed by atoms with E-state index in [0.717, 1.165) is 43.6 Å². The highest BCUT2D eigenvalue weighted by atomic mass is 32.1. The second kappa shape index (κ2) is 12.8. The Balaban J connectivity index is 1.83. The summed E-state index contributed by atoms with van der Waals surface area (Å²) in [6, 6.07) is 9.41. The molecule has 1 saturated carbocycles. The van der Waals surface area contributed by atoms with Crippen LogP contribution >= 0.6 is 11.5 Å². The van der Waals surface area contributed by atoms with E-state index in [1.54, 1.807) is 18.2 Å². The van der Waals surface area contributed by atoms with Crippen molar-refractivity contribution in [3.8, 4) is 11.5 Å². The number of carbonyl (C=O) groups excluding carboxylic acids is 3. The third kappa shape index (κ3) is 6.33. The van der Waals surface area contributed by atoms with Gasteiger partial charge < -0.3 is 31.2 Å². The van der Waals surface area contributed by atoms with Gasteiger partial charge in [-0.2, -0.15) is 4.37 Å². The highest BCUT2D eigenvalue weighted by Crippen LogP contribution is 2.35. The van der Waals surface area contributed by atoms with Gasteiger partial charge in [0.1, 0.15) is 16.7 Å². The molecule has 1 atom stereocenters. The van der Waals surface area contributed by atoms with Crippen LogP contribution in [-0.2, 0) is 11.3 Å². The van der Waals surface area contributed by atoms with E-state index in [-0.39, 0.29) is 28.8 Å². The molecule has 1 aliphatic carbocycles. The topological polar surface area (TPSA) is 150 Å². The molecule has 40 heavy (non-hydrogen) atoms. The van der Waals surface area contributed by atoms with Gasteiger partial charge >= 0.3 is 0 Å². The van der Waals surface area contributed by atoms with Gasteiger partial charge in [0.25, 0.3) is 11.8 Å². The van der Waals surface area contributed by atoms with Gasteiger partial charge in [-0.1, -0.05) is 37.5 Å². The van der Waals surface area contributed by atoms with Gasteiger partial charge in [0.2, 0.25) is 5.91 Å². The highest BCUT2D eigenvalue weighted by Gasteiger charge is 2.36. The third-order valence-electron chi connectivity index (χ3n) is 6.92. The Hall–Kier alpha value is -4.19. The molecule has 1 aliphatic rings. The first-order valence-electron chi connectivity index (χ1n) is 12.9. The maximum absolute atomic E-state index is 14.1. The summed E-state index contributed by atoms with van der Waals surface area (Å²) in [6.45, 7) is -0.0700. The molecule has 5 N–H and O–H groups in total. The van der Waals surface area contributed by atoms with Crippen molar-refractivity contribution >= 4 is 34.9 Å². The average molecular weight is 570 g/mol. The van der Waals surface area contributed by atoms with E-state index in [2.05, 4.69) is 9.69 Å². The second-order valence-corrected chi connectivity index (χ2v) is 10.3. The molecule has 0 saturated heterocycles. The summed E-state index contributed by atoms with van der Waals surface area (Å²) in [7, 11) is 2.97. The predicted octanol–water partition coefficient (Wildman–Crippen LogP) is 3.81. The summed E-state index contributed by atoms with van der Waals surface area (Å²) >= 11 is 0.724. The zero-order chi connectivity index (χ0) is 28.8. The third-order valence-corrected chi connectivity index (χ3v) is 7.77. The monoisotopic (exact) mass is 569 g/mol. The van der Waals surface area contributed by atoms with Gasteiger partial charge in [0.15, 0.2) is 17.2 Å². The number of anilines is 1. The number of hydrogen-bond donors (Lipinski definition) is 3. The Morgan fingerprint density at radius 3 is 2.35 bits per heavy atom. The first-order chi connectivity index (χ1) is 19.2. The van der Waals surface area contributed by atoms with Crippen molar-refractivity contribution in [3.05, 3.63) is 70.0 Å². The van der Waals surface area contributed by atoms with E-state index < -0.39 is 29.6 Å². The number of nitrogens with zero attached hydrogens (tertiary/aromatic N) is 2. The van der Waals surface area contributed by atoms with E-state index in [9.17, 15) is 18.8 Å². The van der Waals surface area contributed by atoms with Crippen molar-refractivity contribution in [2.24, 2.45) is 5.73 Å². The normalized spacial score (nSPS) is 14.3. The second-order valence-electron chi connectivity index (χ2n) is 9.56. The van der Waals surface area contributed by atoms with E-state index in [4.69, 9.17) is 20.9 Å². The molecular weight excluding hydrogens is 537 g/mol. The Labute approximate surface area is 235 Å². The van der Waals surface area contributed by atoms with Crippen molar-refractivity contribution in [1.82, 2.24) is 14.6 Å². The minimum absolute atomic E-state index is 0.0353. The Morgan fingerprint density at radius 2 is 1.75 bits per heavy atom. The van der Waals surface area contributed by atoms with E-state index in [1.807, 2.05) is 0 Å². The van der Waals surface area contributed by atoms with Crippen LogP contribution in [0.3, 0.4) is 0 Å². The van der Waals surface area contributed by atoms with Crippen molar-refractivity contribution in [1.29, 1.82) is 0 Å². The molecule has 2 aromatic carbocycles. The van der Waals surface area contributed by atoms with Crippen molar-refractivity contribution < 1.29 is 28.2 Å². The molecule has 1 heterocycles. The Kier molecular flexibility index (Phi) is 9.20. The molecular formula is C28H32FN5O5S. The number of hydrogen-bond acceptors (Lipinski definition) is 8. The lowest BCUT2D eigenvalue weighted by Gasteiger charge is -2.33. The molecule has 3 aromatic rings. The van der Waals surface area contributed by atoms with E-state index in [0.29, 0.717) is 22.6 Å². The zero-order valence-electron chi connectivity index (χ0n) is 22.3. The highest BCUT2D eigenvalue weighted by molar-refractivity contribution is 7.09. The van der Waals surface area contributed by atoms with Gasteiger partial charge in [-0.15, -0.1) is 0 Å². The number of halogens is 1. The molecule has 0 aliphatic heterocycles. The summed E-state index contributed by atoms with van der Waals surface area (Å²) in [4.78, 5) is 41.2. The van der Waals surface area contributed by atoms with Crippen LogP contribution in [-0.4, -0.2) is 47.3 Å². The van der Waals surface area contributed by atoms with Crippen LogP contribution in [0.2, 0.25) is 0 Å². The van der Waals surface area contributed by atoms with Gasteiger partial charge in [0, 0.05) is 12.6 Å². The molecule has 1 fully saturated rings. The van der Waals surface area contributed by atoms with Crippen molar-refractivity contribution in [3.63, 3.8) is 0 Å². The summed E-state index contributed by atoms with van der Waals surface area (Å²) < 4.78 is 28.5. The molecule has 1 aromatic heterocycles. The molecule has 1 unspecified atom stereocenters. The van der Waals surface area contributed by atoms with E-state index >= 15 is 0 Å². The van der Waals surface area contributed by atoms with Crippen LogP contribution in [0.1, 0.15) is 69.4 Å². The molecule has 12 heteroatoms. The smallest absolute Gasteiger partial charge is 0.270 e. The van der Waals surface area contributed by atoms with Crippen LogP contribution in [0.5, 0.6) is 11.5 Å². The zero-order valence-corrected chi connectivity index (χ0v) is 23.1. The van der Waals surface area contributed by atoms with Gasteiger partial charge in [-0.25, -0.2) is 4.39 Å². The first kappa shape index (κ1) is 28.8. The van der Waals surface area contributed by atoms with Crippen molar-refractivity contribution in [2.75, 3.05) is 20.0 Å². The molecule has 10 nitrogen and oxygen atoms in total. The lowest BCUT2D eigenvalue weighted by atomic mass is 9.94. The standard InChI is InChI=1S/C28H32FN5O5S/c1-38-20-13-10-17(14-21(20)39-2)24(27(36)32-19-6-4-3-5-7-19)34(15-16-8-11-18(29)12-9-16)28(37)25-22(30)23(26(31)35)33-40-25/h8-14,19,24H,3-7,15,30H2,1-2H3,(H2,31,35)(H,32,36). The van der Waals surface area contributed by atoms with Gasteiger partial charge in [-0.05, 0) is 59.8 Å². The SMILES string of the molecule is COc1ccc(C(C(=O)NC2CCCCC2)N(Cc2ccc(F)cc2)C(=O)c2snc(C(N)=O)c2N)cc1OC. The number of rotatable bonds is 10. The Morgan fingerprint density at radius 1 is 1.07 bits per heavy atom. The van der Waals surface area contributed by atoms with Crippen LogP contribution in [0.4, 0.5) is 10.1 Å². The first-order valence-corrected chi connectivity index (χ1v) is 13.6. The minimum atomic E-state index is -1.14. The summed E-state index contributed by atoms with van der Waals surface area (Å²) in [5.74, 6) is -1.52. The largest absolute Gasteiger partial charge is 0.493 e. The summed E-state index contributed by atoms with van der Waals surface area (Å²) in [6.07, 6.45) is 4.77. The van der Waals surface area contributed by atoms with Gasteiger partial charge in [0.05, 0.1) is 19.9 Å². The Bertz CT molecular complexity index is 1370. The number of ether oxygens (including phenoxy) is 2. The number of primary amides is 1. The number of nitrogens with one attached hydrogen (secondary N) is 1. The maximum atomic E-state index is 14.1. The number of nitrogens with two attached hydrogens (primary N) is 2. The van der Waals surface area contributed by atoms with Crippen LogP contribution in [0.25, 0.3) is 0 Å². The molecule has 212 valence electrons. The fourth-order valence-electron chi connectivity index (χ4n) is 4.85. The average Bonchev–Trinajstić information content (AvgIpc) is 3.35. The maximum Gasteiger partial charge on any atom is 0.270 e. The van der Waals surface area contributed by atoms with Crippen molar-refractivity contribution in [2.45, 2.75) is 50.7 Å². The van der Waals surface area contributed by atoms with Gasteiger partial charge in [-0.3, -0.25) is 14.4 Å². The number of carbonyl (C=O) groups is 3.